The molecule has 44 heavy (non-hydrogen) atoms. The molecule has 260 valence electrons. The maximum atomic E-state index is 12.5. The average Bonchev–Trinajstić information content (AvgIpc) is 2.98. The highest BCUT2D eigenvalue weighted by Gasteiger charge is 2.27. The minimum Gasteiger partial charge on any atom is -0.387 e. The fourth-order valence-electron chi connectivity index (χ4n) is 5.39. The molecule has 0 aliphatic rings. The number of carbonyl (C=O) groups is 1. The number of hydrogen-bond acceptors (Lipinski definition) is 5. The van der Waals surface area contributed by atoms with Crippen molar-refractivity contribution in [3.63, 3.8) is 0 Å². The lowest BCUT2D eigenvalue weighted by Crippen LogP contribution is -2.50. The Balaban J connectivity index is 4.09. The van der Waals surface area contributed by atoms with Crippen LogP contribution in [0.2, 0.25) is 0 Å². The van der Waals surface area contributed by atoms with E-state index >= 15 is 0 Å². The van der Waals surface area contributed by atoms with Crippen molar-refractivity contribution < 1.29 is 28.0 Å². The van der Waals surface area contributed by atoms with Gasteiger partial charge in [0, 0.05) is 0 Å². The summed E-state index contributed by atoms with van der Waals surface area (Å²) in [6.07, 6.45) is 33.8. The van der Waals surface area contributed by atoms with Crippen LogP contribution in [0.15, 0.2) is 24.3 Å². The minimum atomic E-state index is -4.43. The Kier molecular flexibility index (Phi) is 29.6. The predicted octanol–water partition coefficient (Wildman–Crippen LogP) is 8.99. The molecule has 0 saturated heterocycles. The zero-order chi connectivity index (χ0) is 32.7. The largest absolute Gasteiger partial charge is 0.387 e. The molecule has 0 bridgehead atoms. The topological polar surface area (TPSA) is 124 Å². The fourth-order valence-corrected chi connectivity index (χ4v) is 6.12. The van der Waals surface area contributed by atoms with Gasteiger partial charge in [-0.2, -0.15) is 8.42 Å². The van der Waals surface area contributed by atoms with E-state index in [0.717, 1.165) is 51.4 Å². The van der Waals surface area contributed by atoms with E-state index in [1.54, 1.807) is 6.08 Å². The number of aliphatic hydroxyl groups is 2. The van der Waals surface area contributed by atoms with Crippen LogP contribution >= 0.6 is 0 Å². The molecule has 0 heterocycles. The molecule has 4 N–H and O–H groups in total. The van der Waals surface area contributed by atoms with Crippen LogP contribution in [0.4, 0.5) is 0 Å². The van der Waals surface area contributed by atoms with Gasteiger partial charge in [0.05, 0.1) is 17.9 Å². The summed E-state index contributed by atoms with van der Waals surface area (Å²) < 4.78 is 32.3. The Morgan fingerprint density at radius 2 is 1.00 bits per heavy atom. The number of rotatable bonds is 32. The van der Waals surface area contributed by atoms with Gasteiger partial charge in [0.25, 0.3) is 10.1 Å². The summed E-state index contributed by atoms with van der Waals surface area (Å²) in [5.41, 5.74) is 0. The van der Waals surface area contributed by atoms with Gasteiger partial charge < -0.3 is 15.5 Å². The van der Waals surface area contributed by atoms with E-state index in [1.807, 2.05) is 0 Å². The van der Waals surface area contributed by atoms with E-state index in [2.05, 4.69) is 31.3 Å². The Hall–Kier alpha value is -1.22. The molecule has 0 aromatic rings. The second kappa shape index (κ2) is 30.4. The first-order valence-electron chi connectivity index (χ1n) is 18.1. The third-order valence-corrected chi connectivity index (χ3v) is 9.01. The van der Waals surface area contributed by atoms with E-state index in [9.17, 15) is 28.0 Å². The van der Waals surface area contributed by atoms with Gasteiger partial charge in [0.15, 0.2) is 0 Å². The predicted molar refractivity (Wildman–Crippen MR) is 185 cm³/mol. The Morgan fingerprint density at radius 3 is 1.43 bits per heavy atom. The van der Waals surface area contributed by atoms with Crippen LogP contribution < -0.4 is 5.32 Å². The SMILES string of the molecule is CCCCCCCCCC/C=C/C(O)C(CS(=O)(=O)O)NC(=O)C(O)CCCCCC/C=C\CCCCCCCCCCC. The molecule has 0 aliphatic carbocycles. The molecule has 7 nitrogen and oxygen atoms in total. The number of carbonyl (C=O) groups excluding carboxylic acids is 1. The number of unbranched alkanes of at least 4 members (excludes halogenated alkanes) is 21. The van der Waals surface area contributed by atoms with E-state index in [4.69, 9.17) is 0 Å². The van der Waals surface area contributed by atoms with Crippen molar-refractivity contribution in [1.82, 2.24) is 5.32 Å². The maximum Gasteiger partial charge on any atom is 0.267 e. The molecule has 3 unspecified atom stereocenters. The van der Waals surface area contributed by atoms with E-state index in [-0.39, 0.29) is 6.42 Å². The van der Waals surface area contributed by atoms with Gasteiger partial charge in [-0.1, -0.05) is 154 Å². The van der Waals surface area contributed by atoms with E-state index in [1.165, 1.54) is 102 Å². The van der Waals surface area contributed by atoms with Gasteiger partial charge in [-0.05, 0) is 44.9 Å². The van der Waals surface area contributed by atoms with Crippen molar-refractivity contribution in [2.75, 3.05) is 5.75 Å². The summed E-state index contributed by atoms with van der Waals surface area (Å²) in [5, 5.41) is 23.2. The molecule has 3 atom stereocenters. The normalized spacial score (nSPS) is 14.4. The highest BCUT2D eigenvalue weighted by Crippen LogP contribution is 2.13. The number of hydrogen-bond donors (Lipinski definition) is 4. The monoisotopic (exact) mass is 643 g/mol. The van der Waals surface area contributed by atoms with Crippen LogP contribution in [0.1, 0.15) is 174 Å². The molecule has 1 amide bonds. The van der Waals surface area contributed by atoms with Crippen molar-refractivity contribution >= 4 is 16.0 Å². The first kappa shape index (κ1) is 42.8. The third-order valence-electron chi connectivity index (χ3n) is 8.23. The van der Waals surface area contributed by atoms with E-state index in [0.29, 0.717) is 6.42 Å². The van der Waals surface area contributed by atoms with Gasteiger partial charge in [0.1, 0.15) is 6.10 Å². The first-order chi connectivity index (χ1) is 21.2. The summed E-state index contributed by atoms with van der Waals surface area (Å²) in [6, 6.07) is -1.23. The Bertz CT molecular complexity index is 813. The van der Waals surface area contributed by atoms with Crippen molar-refractivity contribution in [3.05, 3.63) is 24.3 Å². The fraction of sp³-hybridized carbons (Fsp3) is 0.861. The van der Waals surface area contributed by atoms with Gasteiger partial charge in [-0.15, -0.1) is 0 Å². The zero-order valence-electron chi connectivity index (χ0n) is 28.4. The van der Waals surface area contributed by atoms with Gasteiger partial charge in [-0.3, -0.25) is 9.35 Å². The molecule has 0 radical (unpaired) electrons. The van der Waals surface area contributed by atoms with E-state index < -0.39 is 40.0 Å². The quantitative estimate of drug-likeness (QED) is 0.0329. The molecule has 0 saturated carbocycles. The van der Waals surface area contributed by atoms with Crippen LogP contribution in [0, 0.1) is 0 Å². The molecule has 0 aromatic heterocycles. The second-order valence-electron chi connectivity index (χ2n) is 12.6. The number of amides is 1. The van der Waals surface area contributed by atoms with Gasteiger partial charge in [0.2, 0.25) is 5.91 Å². The van der Waals surface area contributed by atoms with Gasteiger partial charge in [-0.25, -0.2) is 0 Å². The van der Waals surface area contributed by atoms with Crippen molar-refractivity contribution in [2.45, 2.75) is 193 Å². The molecular formula is C36H69NO6S. The van der Waals surface area contributed by atoms with Crippen molar-refractivity contribution in [3.8, 4) is 0 Å². The van der Waals surface area contributed by atoms with Crippen LogP contribution in [-0.4, -0.2) is 53.1 Å². The summed E-state index contributed by atoms with van der Waals surface area (Å²) in [7, 11) is -4.43. The number of aliphatic hydroxyl groups excluding tert-OH is 2. The molecule has 0 aromatic carbocycles. The van der Waals surface area contributed by atoms with Crippen molar-refractivity contribution in [1.29, 1.82) is 0 Å². The molecule has 0 fully saturated rings. The molecule has 0 aliphatic heterocycles. The Labute approximate surface area is 271 Å². The minimum absolute atomic E-state index is 0.267. The number of nitrogens with one attached hydrogen (secondary N) is 1. The van der Waals surface area contributed by atoms with Gasteiger partial charge >= 0.3 is 0 Å². The maximum absolute atomic E-state index is 12.5. The summed E-state index contributed by atoms with van der Waals surface area (Å²) >= 11 is 0. The third kappa shape index (κ3) is 29.5. The lowest BCUT2D eigenvalue weighted by Gasteiger charge is -2.22. The number of allylic oxidation sites excluding steroid dienone is 3. The van der Waals surface area contributed by atoms with Crippen LogP contribution in [0.3, 0.4) is 0 Å². The lowest BCUT2D eigenvalue weighted by molar-refractivity contribution is -0.130. The molecular weight excluding hydrogens is 574 g/mol. The average molecular weight is 644 g/mol. The van der Waals surface area contributed by atoms with Crippen LogP contribution in [-0.2, 0) is 14.9 Å². The molecule has 8 heteroatoms. The highest BCUT2D eigenvalue weighted by molar-refractivity contribution is 7.85. The molecule has 0 spiro atoms. The molecule has 0 rings (SSSR count). The second-order valence-corrected chi connectivity index (χ2v) is 14.1. The van der Waals surface area contributed by atoms with Crippen LogP contribution in [0.5, 0.6) is 0 Å². The zero-order valence-corrected chi connectivity index (χ0v) is 29.2. The lowest BCUT2D eigenvalue weighted by atomic mass is 10.1. The summed E-state index contributed by atoms with van der Waals surface area (Å²) in [4.78, 5) is 12.5. The summed E-state index contributed by atoms with van der Waals surface area (Å²) in [5.74, 6) is -1.55. The smallest absolute Gasteiger partial charge is 0.267 e. The van der Waals surface area contributed by atoms with Crippen molar-refractivity contribution in [2.24, 2.45) is 0 Å². The standard InChI is InChI=1S/C36H69NO6S/c1-3-5-7-9-11-13-15-16-17-18-19-20-21-23-25-27-29-31-35(39)36(40)37-33(32-44(41,42)43)34(38)30-28-26-24-22-14-12-10-8-6-4-2/h19-20,28,30,33-35,38-39H,3-18,21-27,29,31-32H2,1-2H3,(H,37,40)(H,41,42,43)/b20-19-,30-28+. The van der Waals surface area contributed by atoms with Crippen LogP contribution in [0.25, 0.3) is 0 Å². The summed E-state index contributed by atoms with van der Waals surface area (Å²) in [6.45, 7) is 4.46. The Morgan fingerprint density at radius 1 is 0.614 bits per heavy atom. The first-order valence-corrected chi connectivity index (χ1v) is 19.8. The highest BCUT2D eigenvalue weighted by atomic mass is 32.2.